The Balaban J connectivity index is 1.60. The molecular formula is C23H21NO4. The van der Waals surface area contributed by atoms with Crippen molar-refractivity contribution in [2.45, 2.75) is 13.0 Å². The first kappa shape index (κ1) is 17.9. The highest BCUT2D eigenvalue weighted by atomic mass is 16.5. The van der Waals surface area contributed by atoms with E-state index in [9.17, 15) is 4.79 Å². The fourth-order valence-corrected chi connectivity index (χ4v) is 3.38. The Bertz CT molecular complexity index is 1160. The predicted octanol–water partition coefficient (Wildman–Crippen LogP) is 5.09. The van der Waals surface area contributed by atoms with Crippen molar-refractivity contribution >= 4 is 27.6 Å². The third kappa shape index (κ3) is 3.16. The molecule has 142 valence electrons. The van der Waals surface area contributed by atoms with Crippen LogP contribution in [0, 0.1) is 0 Å². The Morgan fingerprint density at radius 1 is 0.929 bits per heavy atom. The molecule has 3 aromatic carbocycles. The molecule has 0 spiro atoms. The lowest BCUT2D eigenvalue weighted by Crippen LogP contribution is -2.26. The highest BCUT2D eigenvalue weighted by molar-refractivity contribution is 6.08. The smallest absolute Gasteiger partial charge is 0.287 e. The number of furan rings is 1. The summed E-state index contributed by atoms with van der Waals surface area (Å²) in [5.41, 5.74) is 1.61. The zero-order valence-corrected chi connectivity index (χ0v) is 16.0. The molecule has 0 bridgehead atoms. The SMILES string of the molecule is COc1ccc([C@@H](C)NC(=O)c2cc3c(ccc4ccccc43)o2)cc1OC. The minimum atomic E-state index is -0.262. The number of carbonyl (C=O) groups excluding carboxylic acids is 1. The number of amides is 1. The van der Waals surface area contributed by atoms with Gasteiger partial charge in [-0.05, 0) is 47.5 Å². The van der Waals surface area contributed by atoms with E-state index in [1.807, 2.05) is 61.5 Å². The Labute approximate surface area is 162 Å². The number of benzene rings is 3. The van der Waals surface area contributed by atoms with Crippen LogP contribution in [0.1, 0.15) is 29.1 Å². The minimum Gasteiger partial charge on any atom is -0.493 e. The van der Waals surface area contributed by atoms with Crippen LogP contribution in [0.5, 0.6) is 11.5 Å². The van der Waals surface area contributed by atoms with Crippen molar-refractivity contribution < 1.29 is 18.7 Å². The van der Waals surface area contributed by atoms with Gasteiger partial charge in [-0.2, -0.15) is 0 Å². The largest absolute Gasteiger partial charge is 0.493 e. The number of methoxy groups -OCH3 is 2. The summed E-state index contributed by atoms with van der Waals surface area (Å²) in [6, 6.07) is 19.1. The van der Waals surface area contributed by atoms with Gasteiger partial charge in [0, 0.05) is 5.39 Å². The van der Waals surface area contributed by atoms with E-state index < -0.39 is 0 Å². The first-order chi connectivity index (χ1) is 13.6. The van der Waals surface area contributed by atoms with Crippen molar-refractivity contribution in [2.24, 2.45) is 0 Å². The fourth-order valence-electron chi connectivity index (χ4n) is 3.38. The molecule has 4 rings (SSSR count). The van der Waals surface area contributed by atoms with Crippen molar-refractivity contribution in [3.63, 3.8) is 0 Å². The lowest BCUT2D eigenvalue weighted by Gasteiger charge is -2.16. The molecule has 4 aromatic rings. The summed E-state index contributed by atoms with van der Waals surface area (Å²) in [6.45, 7) is 1.91. The summed E-state index contributed by atoms with van der Waals surface area (Å²) in [5.74, 6) is 1.30. The maximum atomic E-state index is 12.8. The molecule has 5 nitrogen and oxygen atoms in total. The summed E-state index contributed by atoms with van der Waals surface area (Å²) >= 11 is 0. The summed E-state index contributed by atoms with van der Waals surface area (Å²) in [7, 11) is 3.18. The Kier molecular flexibility index (Phi) is 4.65. The first-order valence-electron chi connectivity index (χ1n) is 9.05. The zero-order valence-electron chi connectivity index (χ0n) is 16.0. The molecule has 1 atom stereocenters. The van der Waals surface area contributed by atoms with E-state index in [1.165, 1.54) is 0 Å². The number of hydrogen-bond donors (Lipinski definition) is 1. The molecule has 0 radical (unpaired) electrons. The second kappa shape index (κ2) is 7.27. The van der Waals surface area contributed by atoms with Crippen molar-refractivity contribution in [1.29, 1.82) is 0 Å². The van der Waals surface area contributed by atoms with E-state index in [0.717, 1.165) is 21.7 Å². The van der Waals surface area contributed by atoms with Crippen LogP contribution in [0.15, 0.2) is 65.1 Å². The Morgan fingerprint density at radius 3 is 2.50 bits per heavy atom. The van der Waals surface area contributed by atoms with Crippen molar-refractivity contribution in [1.82, 2.24) is 5.32 Å². The summed E-state index contributed by atoms with van der Waals surface area (Å²) in [4.78, 5) is 12.8. The number of rotatable bonds is 5. The monoisotopic (exact) mass is 375 g/mol. The van der Waals surface area contributed by atoms with Crippen LogP contribution in [-0.2, 0) is 0 Å². The maximum absolute atomic E-state index is 12.8. The summed E-state index contributed by atoms with van der Waals surface area (Å²) < 4.78 is 16.4. The van der Waals surface area contributed by atoms with Gasteiger partial charge in [-0.1, -0.05) is 36.4 Å². The zero-order chi connectivity index (χ0) is 19.7. The van der Waals surface area contributed by atoms with E-state index in [0.29, 0.717) is 22.8 Å². The molecule has 0 saturated carbocycles. The molecule has 0 fully saturated rings. The molecule has 1 N–H and O–H groups in total. The number of carbonyl (C=O) groups is 1. The van der Waals surface area contributed by atoms with Crippen LogP contribution in [0.2, 0.25) is 0 Å². The number of ether oxygens (including phenoxy) is 2. The highest BCUT2D eigenvalue weighted by Gasteiger charge is 2.18. The van der Waals surface area contributed by atoms with E-state index in [4.69, 9.17) is 13.9 Å². The van der Waals surface area contributed by atoms with Crippen molar-refractivity contribution in [3.05, 3.63) is 72.0 Å². The van der Waals surface area contributed by atoms with Gasteiger partial charge in [0.1, 0.15) is 5.58 Å². The number of hydrogen-bond acceptors (Lipinski definition) is 4. The Morgan fingerprint density at radius 2 is 1.71 bits per heavy atom. The van der Waals surface area contributed by atoms with Gasteiger partial charge < -0.3 is 19.2 Å². The third-order valence-electron chi connectivity index (χ3n) is 4.91. The first-order valence-corrected chi connectivity index (χ1v) is 9.05. The molecule has 0 aliphatic carbocycles. The fraction of sp³-hybridized carbons (Fsp3) is 0.174. The third-order valence-corrected chi connectivity index (χ3v) is 4.91. The van der Waals surface area contributed by atoms with E-state index in [2.05, 4.69) is 5.32 Å². The molecular weight excluding hydrogens is 354 g/mol. The van der Waals surface area contributed by atoms with Gasteiger partial charge in [-0.15, -0.1) is 0 Å². The van der Waals surface area contributed by atoms with Crippen LogP contribution in [-0.4, -0.2) is 20.1 Å². The summed E-state index contributed by atoms with van der Waals surface area (Å²) in [5, 5.41) is 6.09. The number of nitrogens with one attached hydrogen (secondary N) is 1. The molecule has 0 aliphatic heterocycles. The van der Waals surface area contributed by atoms with Gasteiger partial charge in [-0.25, -0.2) is 0 Å². The van der Waals surface area contributed by atoms with Gasteiger partial charge in [0.2, 0.25) is 0 Å². The van der Waals surface area contributed by atoms with Gasteiger partial charge in [0.15, 0.2) is 17.3 Å². The minimum absolute atomic E-state index is 0.225. The highest BCUT2D eigenvalue weighted by Crippen LogP contribution is 2.31. The molecule has 5 heteroatoms. The number of fused-ring (bicyclic) bond motifs is 3. The van der Waals surface area contributed by atoms with Crippen molar-refractivity contribution in [2.75, 3.05) is 14.2 Å². The van der Waals surface area contributed by atoms with Crippen molar-refractivity contribution in [3.8, 4) is 11.5 Å². The van der Waals surface area contributed by atoms with E-state index >= 15 is 0 Å². The van der Waals surface area contributed by atoms with Gasteiger partial charge in [0.05, 0.1) is 20.3 Å². The molecule has 1 heterocycles. The quantitative estimate of drug-likeness (QED) is 0.527. The van der Waals surface area contributed by atoms with Gasteiger partial charge in [0.25, 0.3) is 5.91 Å². The van der Waals surface area contributed by atoms with Gasteiger partial charge >= 0.3 is 0 Å². The van der Waals surface area contributed by atoms with Crippen LogP contribution >= 0.6 is 0 Å². The molecule has 1 amide bonds. The normalized spacial score (nSPS) is 12.1. The summed E-state index contributed by atoms with van der Waals surface area (Å²) in [6.07, 6.45) is 0. The lowest BCUT2D eigenvalue weighted by atomic mass is 10.1. The molecule has 0 saturated heterocycles. The average molecular weight is 375 g/mol. The molecule has 1 aromatic heterocycles. The molecule has 0 unspecified atom stereocenters. The topological polar surface area (TPSA) is 60.7 Å². The van der Waals surface area contributed by atoms with E-state index in [-0.39, 0.29) is 11.9 Å². The molecule has 28 heavy (non-hydrogen) atoms. The molecule has 0 aliphatic rings. The average Bonchev–Trinajstić information content (AvgIpc) is 3.18. The van der Waals surface area contributed by atoms with E-state index in [1.54, 1.807) is 20.3 Å². The second-order valence-corrected chi connectivity index (χ2v) is 6.62. The van der Waals surface area contributed by atoms with Crippen LogP contribution < -0.4 is 14.8 Å². The van der Waals surface area contributed by atoms with Crippen LogP contribution in [0.3, 0.4) is 0 Å². The van der Waals surface area contributed by atoms with Crippen LogP contribution in [0.4, 0.5) is 0 Å². The predicted molar refractivity (Wildman–Crippen MR) is 109 cm³/mol. The standard InChI is InChI=1S/C23H21NO4/c1-14(16-9-11-20(26-2)21(12-16)27-3)24-23(25)22-13-18-17-7-5-4-6-15(17)8-10-19(18)28-22/h4-14H,1-3H3,(H,24,25)/t14-/m1/s1. The van der Waals surface area contributed by atoms with Gasteiger partial charge in [-0.3, -0.25) is 4.79 Å². The lowest BCUT2D eigenvalue weighted by molar-refractivity contribution is 0.0914. The van der Waals surface area contributed by atoms with Crippen LogP contribution in [0.25, 0.3) is 21.7 Å². The Hall–Kier alpha value is -3.47. The maximum Gasteiger partial charge on any atom is 0.287 e. The second-order valence-electron chi connectivity index (χ2n) is 6.62.